The van der Waals surface area contributed by atoms with Crippen molar-refractivity contribution in [3.8, 4) is 5.75 Å². The predicted octanol–water partition coefficient (Wildman–Crippen LogP) is 3.66. The van der Waals surface area contributed by atoms with Gasteiger partial charge >= 0.3 is 0 Å². The summed E-state index contributed by atoms with van der Waals surface area (Å²) in [6.45, 7) is 6.73. The van der Waals surface area contributed by atoms with Crippen LogP contribution in [0.1, 0.15) is 31.1 Å². The van der Waals surface area contributed by atoms with E-state index in [4.69, 9.17) is 4.74 Å². The van der Waals surface area contributed by atoms with Crippen molar-refractivity contribution < 1.29 is 17.9 Å². The predicted molar refractivity (Wildman–Crippen MR) is 111 cm³/mol. The van der Waals surface area contributed by atoms with Crippen molar-refractivity contribution in [2.24, 2.45) is 4.99 Å². The first-order valence-corrected chi connectivity index (χ1v) is 11.5. The Morgan fingerprint density at radius 3 is 2.61 bits per heavy atom. The smallest absolute Gasteiger partial charge is 0.279 e. The zero-order chi connectivity index (χ0) is 20.3. The van der Waals surface area contributed by atoms with E-state index in [1.54, 1.807) is 19.1 Å². The summed E-state index contributed by atoms with van der Waals surface area (Å²) in [5.41, 5.74) is 1.23. The molecule has 0 saturated carbocycles. The third kappa shape index (κ3) is 4.02. The largest absolute Gasteiger partial charge is 0.494 e. The molecule has 2 aromatic carbocycles. The zero-order valence-corrected chi connectivity index (χ0v) is 17.6. The van der Waals surface area contributed by atoms with E-state index in [9.17, 15) is 13.2 Å². The van der Waals surface area contributed by atoms with Crippen molar-refractivity contribution >= 4 is 37.3 Å². The Morgan fingerprint density at radius 1 is 1.14 bits per heavy atom. The Morgan fingerprint density at radius 2 is 1.93 bits per heavy atom. The molecule has 0 unspecified atom stereocenters. The van der Waals surface area contributed by atoms with Crippen LogP contribution < -0.4 is 9.54 Å². The summed E-state index contributed by atoms with van der Waals surface area (Å²) in [5.74, 6) is 0.289. The highest BCUT2D eigenvalue weighted by atomic mass is 32.2. The lowest BCUT2D eigenvalue weighted by molar-refractivity contribution is 0.0997. The summed E-state index contributed by atoms with van der Waals surface area (Å²) >= 11 is 1.40. The number of carbonyl (C=O) groups is 1. The number of hydrogen-bond donors (Lipinski definition) is 0. The third-order valence-corrected chi connectivity index (χ3v) is 7.07. The number of fused-ring (bicyclic) bond motifs is 1. The molecule has 148 valence electrons. The number of benzene rings is 2. The lowest BCUT2D eigenvalue weighted by atomic mass is 10.2. The van der Waals surface area contributed by atoms with Crippen LogP contribution in [0.2, 0.25) is 0 Å². The van der Waals surface area contributed by atoms with Crippen LogP contribution in [-0.2, 0) is 16.4 Å². The molecule has 0 aliphatic heterocycles. The molecule has 3 rings (SSSR count). The van der Waals surface area contributed by atoms with E-state index in [0.717, 1.165) is 16.0 Å². The first kappa shape index (κ1) is 20.3. The normalized spacial score (nSPS) is 12.5. The third-order valence-electron chi connectivity index (χ3n) is 4.30. The van der Waals surface area contributed by atoms with Crippen LogP contribution in [0.25, 0.3) is 10.2 Å². The molecular formula is C20H22N2O4S2. The summed E-state index contributed by atoms with van der Waals surface area (Å²) in [4.78, 5) is 17.7. The summed E-state index contributed by atoms with van der Waals surface area (Å²) in [7, 11) is -3.38. The van der Waals surface area contributed by atoms with Gasteiger partial charge in [0.25, 0.3) is 5.91 Å². The van der Waals surface area contributed by atoms with Gasteiger partial charge in [0.15, 0.2) is 14.6 Å². The minimum Gasteiger partial charge on any atom is -0.494 e. The molecule has 0 spiro atoms. The molecule has 28 heavy (non-hydrogen) atoms. The van der Waals surface area contributed by atoms with E-state index in [0.29, 0.717) is 18.0 Å². The van der Waals surface area contributed by atoms with Gasteiger partial charge in [0.2, 0.25) is 0 Å². The average molecular weight is 419 g/mol. The van der Waals surface area contributed by atoms with Crippen LogP contribution in [-0.4, -0.2) is 31.3 Å². The lowest BCUT2D eigenvalue weighted by Gasteiger charge is -2.04. The molecule has 0 aliphatic rings. The Kier molecular flexibility index (Phi) is 6.00. The van der Waals surface area contributed by atoms with E-state index >= 15 is 0 Å². The Bertz CT molecular complexity index is 1190. The van der Waals surface area contributed by atoms with Gasteiger partial charge in [-0.2, -0.15) is 4.99 Å². The number of nitrogens with zero attached hydrogens (tertiary/aromatic N) is 2. The molecule has 8 heteroatoms. The van der Waals surface area contributed by atoms with E-state index in [1.807, 2.05) is 36.6 Å². The standard InChI is InChI=1S/C20H22N2O4S2/c1-4-22-17-11-10-15(26-5-2)13-18(17)27-20(22)21-19(23)14-8-7-9-16(12-14)28(24,25)6-3/h7-13H,4-6H2,1-3H3. The number of hydrogen-bond acceptors (Lipinski definition) is 5. The van der Waals surface area contributed by atoms with E-state index in [2.05, 4.69) is 4.99 Å². The van der Waals surface area contributed by atoms with Crippen molar-refractivity contribution in [3.63, 3.8) is 0 Å². The monoisotopic (exact) mass is 418 g/mol. The minimum atomic E-state index is -3.38. The van der Waals surface area contributed by atoms with Crippen molar-refractivity contribution in [2.75, 3.05) is 12.4 Å². The fourth-order valence-corrected chi connectivity index (χ4v) is 4.89. The van der Waals surface area contributed by atoms with Crippen LogP contribution in [0, 0.1) is 0 Å². The maximum atomic E-state index is 12.7. The van der Waals surface area contributed by atoms with Gasteiger partial charge in [0.1, 0.15) is 5.75 Å². The van der Waals surface area contributed by atoms with Crippen LogP contribution in [0.15, 0.2) is 52.4 Å². The van der Waals surface area contributed by atoms with E-state index in [1.165, 1.54) is 23.5 Å². The van der Waals surface area contributed by atoms with Crippen LogP contribution in [0.3, 0.4) is 0 Å². The van der Waals surface area contributed by atoms with Gasteiger partial charge in [-0.05, 0) is 50.2 Å². The quantitative estimate of drug-likeness (QED) is 0.612. The van der Waals surface area contributed by atoms with Gasteiger partial charge in [0.05, 0.1) is 27.5 Å². The Balaban J connectivity index is 2.07. The van der Waals surface area contributed by atoms with Gasteiger partial charge in [-0.3, -0.25) is 4.79 Å². The van der Waals surface area contributed by atoms with Crippen LogP contribution in [0.4, 0.5) is 0 Å². The highest BCUT2D eigenvalue weighted by molar-refractivity contribution is 7.91. The fourth-order valence-electron chi connectivity index (χ4n) is 2.84. The number of aromatic nitrogens is 1. The van der Waals surface area contributed by atoms with E-state index < -0.39 is 15.7 Å². The number of aryl methyl sites for hydroxylation is 1. The molecule has 1 aromatic heterocycles. The molecule has 0 aliphatic carbocycles. The van der Waals surface area contributed by atoms with Gasteiger partial charge in [0, 0.05) is 12.1 Å². The molecule has 0 atom stereocenters. The van der Waals surface area contributed by atoms with Gasteiger partial charge in [-0.25, -0.2) is 8.42 Å². The maximum Gasteiger partial charge on any atom is 0.279 e. The number of ether oxygens (including phenoxy) is 1. The van der Waals surface area contributed by atoms with Gasteiger partial charge < -0.3 is 9.30 Å². The zero-order valence-electron chi connectivity index (χ0n) is 16.0. The summed E-state index contributed by atoms with van der Waals surface area (Å²) in [5, 5.41) is 0. The second-order valence-corrected chi connectivity index (χ2v) is 9.33. The molecular weight excluding hydrogens is 396 g/mol. The topological polar surface area (TPSA) is 77.7 Å². The minimum absolute atomic E-state index is 0.0178. The Hall–Kier alpha value is -2.45. The van der Waals surface area contributed by atoms with Crippen molar-refractivity contribution in [3.05, 3.63) is 52.8 Å². The molecule has 1 heterocycles. The number of carbonyl (C=O) groups excluding carboxylic acids is 1. The van der Waals surface area contributed by atoms with Crippen molar-refractivity contribution in [2.45, 2.75) is 32.2 Å². The molecule has 0 radical (unpaired) electrons. The molecule has 0 saturated heterocycles. The summed E-state index contributed by atoms with van der Waals surface area (Å²) in [6.07, 6.45) is 0. The van der Waals surface area contributed by atoms with E-state index in [-0.39, 0.29) is 16.2 Å². The maximum absolute atomic E-state index is 12.7. The molecule has 0 fully saturated rings. The average Bonchev–Trinajstić information content (AvgIpc) is 3.04. The highest BCUT2D eigenvalue weighted by Gasteiger charge is 2.15. The second-order valence-electron chi connectivity index (χ2n) is 6.04. The number of rotatable bonds is 6. The summed E-state index contributed by atoms with van der Waals surface area (Å²) < 4.78 is 32.6. The molecule has 3 aromatic rings. The summed E-state index contributed by atoms with van der Waals surface area (Å²) in [6, 6.07) is 11.8. The Labute approximate surface area is 168 Å². The van der Waals surface area contributed by atoms with Gasteiger partial charge in [-0.15, -0.1) is 0 Å². The highest BCUT2D eigenvalue weighted by Crippen LogP contribution is 2.23. The fraction of sp³-hybridized carbons (Fsp3) is 0.300. The second kappa shape index (κ2) is 8.28. The van der Waals surface area contributed by atoms with Crippen molar-refractivity contribution in [1.82, 2.24) is 4.57 Å². The first-order valence-electron chi connectivity index (χ1n) is 9.07. The number of thiazole rings is 1. The van der Waals surface area contributed by atoms with Gasteiger partial charge in [-0.1, -0.05) is 24.3 Å². The molecule has 6 nitrogen and oxygen atoms in total. The number of amides is 1. The molecule has 0 bridgehead atoms. The van der Waals surface area contributed by atoms with Crippen molar-refractivity contribution in [1.29, 1.82) is 0 Å². The first-order chi connectivity index (χ1) is 13.4. The molecule has 1 amide bonds. The van der Waals surface area contributed by atoms with Crippen LogP contribution >= 0.6 is 11.3 Å². The van der Waals surface area contributed by atoms with Crippen LogP contribution in [0.5, 0.6) is 5.75 Å². The number of sulfone groups is 1. The lowest BCUT2D eigenvalue weighted by Crippen LogP contribution is -2.16. The molecule has 0 N–H and O–H groups in total. The SMILES string of the molecule is CCOc1ccc2c(c1)sc(=NC(=O)c1cccc(S(=O)(=O)CC)c1)n2CC.